The fraction of sp³-hybridized carbons (Fsp3) is 0.167. The van der Waals surface area contributed by atoms with E-state index in [0.29, 0.717) is 0 Å². The molecule has 2 aromatic rings. The number of benzene rings is 1. The Hall–Kier alpha value is -1.10. The Balaban J connectivity index is 2.20. The molecule has 0 fully saturated rings. The van der Waals surface area contributed by atoms with Crippen molar-refractivity contribution >= 4 is 15.9 Å². The van der Waals surface area contributed by atoms with Gasteiger partial charge in [0.2, 0.25) is 0 Å². The van der Waals surface area contributed by atoms with Gasteiger partial charge in [0.1, 0.15) is 0 Å². The van der Waals surface area contributed by atoms with Gasteiger partial charge in [0.05, 0.1) is 18.6 Å². The highest BCUT2D eigenvalue weighted by Crippen LogP contribution is 2.25. The normalized spacial score (nSPS) is 12.6. The van der Waals surface area contributed by atoms with Crippen molar-refractivity contribution in [3.05, 3.63) is 58.5 Å². The highest BCUT2D eigenvalue weighted by Gasteiger charge is 2.13. The molecule has 0 saturated carbocycles. The van der Waals surface area contributed by atoms with Crippen LogP contribution in [0.4, 0.5) is 0 Å². The van der Waals surface area contributed by atoms with Crippen LogP contribution in [0, 0.1) is 0 Å². The minimum Gasteiger partial charge on any atom is -0.472 e. The molecule has 0 aliphatic rings. The number of hydrazine groups is 1. The zero-order chi connectivity index (χ0) is 11.4. The summed E-state index contributed by atoms with van der Waals surface area (Å²) in [6.07, 6.45) is 4.21. The van der Waals surface area contributed by atoms with E-state index in [9.17, 15) is 0 Å². The summed E-state index contributed by atoms with van der Waals surface area (Å²) >= 11 is 3.52. The van der Waals surface area contributed by atoms with Crippen LogP contribution < -0.4 is 11.3 Å². The average Bonchev–Trinajstić information content (AvgIpc) is 2.80. The van der Waals surface area contributed by atoms with Gasteiger partial charge in [-0.05, 0) is 29.7 Å². The number of nitrogens with two attached hydrogens (primary N) is 1. The van der Waals surface area contributed by atoms with E-state index in [2.05, 4.69) is 27.4 Å². The Bertz CT molecular complexity index is 442. The Kier molecular flexibility index (Phi) is 3.77. The lowest BCUT2D eigenvalue weighted by Gasteiger charge is -2.16. The fourth-order valence-electron chi connectivity index (χ4n) is 1.66. The maximum Gasteiger partial charge on any atom is 0.0935 e. The largest absolute Gasteiger partial charge is 0.472 e. The van der Waals surface area contributed by atoms with Gasteiger partial charge in [0.15, 0.2) is 0 Å². The molecule has 0 aliphatic carbocycles. The Morgan fingerprint density at radius 1 is 1.31 bits per heavy atom. The van der Waals surface area contributed by atoms with Crippen molar-refractivity contribution in [3.8, 4) is 0 Å². The van der Waals surface area contributed by atoms with Crippen LogP contribution in [0.3, 0.4) is 0 Å². The summed E-state index contributed by atoms with van der Waals surface area (Å²) in [7, 11) is 0. The molecule has 0 aliphatic heterocycles. The van der Waals surface area contributed by atoms with Crippen LogP contribution in [0.5, 0.6) is 0 Å². The SMILES string of the molecule is NNC(Cc1ccoc1)c1ccccc1Br. The zero-order valence-electron chi connectivity index (χ0n) is 8.69. The zero-order valence-corrected chi connectivity index (χ0v) is 10.3. The van der Waals surface area contributed by atoms with Crippen LogP contribution in [0.1, 0.15) is 17.2 Å². The van der Waals surface area contributed by atoms with E-state index in [1.165, 1.54) is 0 Å². The van der Waals surface area contributed by atoms with Gasteiger partial charge in [-0.25, -0.2) is 0 Å². The molecule has 4 heteroatoms. The van der Waals surface area contributed by atoms with Gasteiger partial charge in [0.25, 0.3) is 0 Å². The number of hydrogen-bond donors (Lipinski definition) is 2. The van der Waals surface area contributed by atoms with Gasteiger partial charge in [-0.15, -0.1) is 0 Å². The van der Waals surface area contributed by atoms with Crippen molar-refractivity contribution in [2.75, 3.05) is 0 Å². The summed E-state index contributed by atoms with van der Waals surface area (Å²) in [6, 6.07) is 10.1. The molecule has 3 N–H and O–H groups in total. The lowest BCUT2D eigenvalue weighted by atomic mass is 10.0. The van der Waals surface area contributed by atoms with Gasteiger partial charge in [-0.3, -0.25) is 11.3 Å². The molecular formula is C12H13BrN2O. The highest BCUT2D eigenvalue weighted by molar-refractivity contribution is 9.10. The van der Waals surface area contributed by atoms with Gasteiger partial charge < -0.3 is 4.42 Å². The monoisotopic (exact) mass is 280 g/mol. The van der Waals surface area contributed by atoms with E-state index in [4.69, 9.17) is 10.3 Å². The lowest BCUT2D eigenvalue weighted by Crippen LogP contribution is -2.29. The van der Waals surface area contributed by atoms with Crippen LogP contribution in [0.25, 0.3) is 0 Å². The van der Waals surface area contributed by atoms with E-state index >= 15 is 0 Å². The van der Waals surface area contributed by atoms with E-state index in [0.717, 1.165) is 22.0 Å². The molecule has 3 nitrogen and oxygen atoms in total. The van der Waals surface area contributed by atoms with Gasteiger partial charge in [-0.2, -0.15) is 0 Å². The van der Waals surface area contributed by atoms with E-state index in [-0.39, 0.29) is 6.04 Å². The van der Waals surface area contributed by atoms with E-state index in [1.54, 1.807) is 12.5 Å². The second-order valence-electron chi connectivity index (χ2n) is 3.58. The van der Waals surface area contributed by atoms with Crippen molar-refractivity contribution in [2.45, 2.75) is 12.5 Å². The fourth-order valence-corrected chi connectivity index (χ4v) is 2.22. The minimum atomic E-state index is 0.0770. The molecule has 1 aromatic heterocycles. The molecular weight excluding hydrogens is 268 g/mol. The number of hydrogen-bond acceptors (Lipinski definition) is 3. The van der Waals surface area contributed by atoms with Crippen molar-refractivity contribution in [2.24, 2.45) is 5.84 Å². The molecule has 0 bridgehead atoms. The molecule has 1 unspecified atom stereocenters. The topological polar surface area (TPSA) is 51.2 Å². The maximum atomic E-state index is 5.59. The van der Waals surface area contributed by atoms with Crippen molar-refractivity contribution in [1.29, 1.82) is 0 Å². The first-order chi connectivity index (χ1) is 7.81. The lowest BCUT2D eigenvalue weighted by molar-refractivity contribution is 0.534. The predicted octanol–water partition coefficient (Wildman–Crippen LogP) is 2.79. The molecule has 0 amide bonds. The molecule has 1 atom stereocenters. The standard InChI is InChI=1S/C12H13BrN2O/c13-11-4-2-1-3-10(11)12(15-14)7-9-5-6-16-8-9/h1-6,8,12,15H,7,14H2. The number of halogens is 1. The predicted molar refractivity (Wildman–Crippen MR) is 66.6 cm³/mol. The van der Waals surface area contributed by atoms with E-state index < -0.39 is 0 Å². The van der Waals surface area contributed by atoms with Crippen LogP contribution in [0.2, 0.25) is 0 Å². The third kappa shape index (κ3) is 2.52. The first kappa shape index (κ1) is 11.4. The van der Waals surface area contributed by atoms with Crippen LogP contribution in [0.15, 0.2) is 51.7 Å². The molecule has 1 aromatic carbocycles. The van der Waals surface area contributed by atoms with E-state index in [1.807, 2.05) is 24.3 Å². The molecule has 0 radical (unpaired) electrons. The second kappa shape index (κ2) is 5.30. The quantitative estimate of drug-likeness (QED) is 0.669. The summed E-state index contributed by atoms with van der Waals surface area (Å²) in [5.41, 5.74) is 5.09. The van der Waals surface area contributed by atoms with Crippen LogP contribution in [-0.2, 0) is 6.42 Å². The summed E-state index contributed by atoms with van der Waals surface area (Å²) in [5.74, 6) is 5.59. The summed E-state index contributed by atoms with van der Waals surface area (Å²) in [4.78, 5) is 0. The molecule has 84 valence electrons. The third-order valence-corrected chi connectivity index (χ3v) is 3.22. The number of nitrogens with one attached hydrogen (secondary N) is 1. The van der Waals surface area contributed by atoms with Gasteiger partial charge >= 0.3 is 0 Å². The number of furan rings is 1. The first-order valence-corrected chi connectivity index (χ1v) is 5.82. The highest BCUT2D eigenvalue weighted by atomic mass is 79.9. The molecule has 0 saturated heterocycles. The summed E-state index contributed by atoms with van der Waals surface area (Å²) < 4.78 is 6.10. The maximum absolute atomic E-state index is 5.59. The van der Waals surface area contributed by atoms with Crippen LogP contribution >= 0.6 is 15.9 Å². The van der Waals surface area contributed by atoms with Crippen molar-refractivity contribution in [1.82, 2.24) is 5.43 Å². The number of rotatable bonds is 4. The summed E-state index contributed by atoms with van der Waals surface area (Å²) in [5, 5.41) is 0. The molecule has 1 heterocycles. The van der Waals surface area contributed by atoms with Crippen molar-refractivity contribution in [3.63, 3.8) is 0 Å². The molecule has 2 rings (SSSR count). The molecule has 16 heavy (non-hydrogen) atoms. The Labute approximate surface area is 103 Å². The van der Waals surface area contributed by atoms with Gasteiger partial charge in [0, 0.05) is 4.47 Å². The second-order valence-corrected chi connectivity index (χ2v) is 4.43. The molecule has 0 spiro atoms. The van der Waals surface area contributed by atoms with Crippen molar-refractivity contribution < 1.29 is 4.42 Å². The average molecular weight is 281 g/mol. The smallest absolute Gasteiger partial charge is 0.0935 e. The Morgan fingerprint density at radius 2 is 2.12 bits per heavy atom. The van der Waals surface area contributed by atoms with Gasteiger partial charge in [-0.1, -0.05) is 34.1 Å². The third-order valence-electron chi connectivity index (χ3n) is 2.50. The Morgan fingerprint density at radius 3 is 2.75 bits per heavy atom. The summed E-state index contributed by atoms with van der Waals surface area (Å²) in [6.45, 7) is 0. The van der Waals surface area contributed by atoms with Crippen LogP contribution in [-0.4, -0.2) is 0 Å². The minimum absolute atomic E-state index is 0.0770. The first-order valence-electron chi connectivity index (χ1n) is 5.03.